The topological polar surface area (TPSA) is 72.8 Å². The second-order valence-corrected chi connectivity index (χ2v) is 5.88. The number of hydrogen-bond acceptors (Lipinski definition) is 4. The van der Waals surface area contributed by atoms with Crippen molar-refractivity contribution in [2.75, 3.05) is 0 Å². The third-order valence-corrected chi connectivity index (χ3v) is 3.68. The molecule has 1 unspecified atom stereocenters. The first-order valence-electron chi connectivity index (χ1n) is 6.53. The molecule has 0 aliphatic carbocycles. The molecule has 0 saturated carbocycles. The van der Waals surface area contributed by atoms with Gasteiger partial charge in [-0.15, -0.1) is 0 Å². The van der Waals surface area contributed by atoms with Crippen molar-refractivity contribution in [3.05, 3.63) is 57.5 Å². The lowest BCUT2D eigenvalue weighted by molar-refractivity contribution is -0.141. The van der Waals surface area contributed by atoms with Crippen LogP contribution in [0.1, 0.15) is 17.3 Å². The van der Waals surface area contributed by atoms with E-state index in [0.717, 1.165) is 0 Å². The van der Waals surface area contributed by atoms with Crippen molar-refractivity contribution in [1.82, 2.24) is 0 Å². The minimum atomic E-state index is -1.10. The SMILES string of the molecule is CC(Oc1ccc(Cl)cc1Br)C(=O)Oc1cccc(C(=O)O)c1. The highest BCUT2D eigenvalue weighted by Crippen LogP contribution is 2.29. The van der Waals surface area contributed by atoms with E-state index in [1.54, 1.807) is 18.2 Å². The Hall–Kier alpha value is -2.05. The molecule has 0 radical (unpaired) electrons. The van der Waals surface area contributed by atoms with Crippen molar-refractivity contribution < 1.29 is 24.2 Å². The molecule has 7 heteroatoms. The van der Waals surface area contributed by atoms with Gasteiger partial charge in [0.15, 0.2) is 6.10 Å². The van der Waals surface area contributed by atoms with Crippen LogP contribution in [0.3, 0.4) is 0 Å². The van der Waals surface area contributed by atoms with Crippen molar-refractivity contribution in [2.45, 2.75) is 13.0 Å². The fourth-order valence-corrected chi connectivity index (χ4v) is 2.48. The Balaban J connectivity index is 2.05. The van der Waals surface area contributed by atoms with E-state index in [1.807, 2.05) is 0 Å². The van der Waals surface area contributed by atoms with E-state index >= 15 is 0 Å². The summed E-state index contributed by atoms with van der Waals surface area (Å²) in [5.41, 5.74) is 0.0318. The number of benzene rings is 2. The number of carbonyl (C=O) groups is 2. The Morgan fingerprint density at radius 2 is 1.96 bits per heavy atom. The monoisotopic (exact) mass is 398 g/mol. The maximum atomic E-state index is 12.0. The number of hydrogen-bond donors (Lipinski definition) is 1. The summed E-state index contributed by atoms with van der Waals surface area (Å²) in [6, 6.07) is 10.6. The van der Waals surface area contributed by atoms with Gasteiger partial charge in [0.2, 0.25) is 0 Å². The highest BCUT2D eigenvalue weighted by atomic mass is 79.9. The summed E-state index contributed by atoms with van der Waals surface area (Å²) in [4.78, 5) is 22.9. The van der Waals surface area contributed by atoms with E-state index in [1.165, 1.54) is 31.2 Å². The predicted octanol–water partition coefficient (Wildman–Crippen LogP) is 4.17. The van der Waals surface area contributed by atoms with Gasteiger partial charge in [-0.25, -0.2) is 9.59 Å². The first kappa shape index (κ1) is 17.3. The fraction of sp³-hybridized carbons (Fsp3) is 0.125. The van der Waals surface area contributed by atoms with Crippen LogP contribution in [0, 0.1) is 0 Å². The van der Waals surface area contributed by atoms with Crippen molar-refractivity contribution >= 4 is 39.5 Å². The molecule has 2 rings (SSSR count). The number of carboxylic acid groups (broad SMARTS) is 1. The molecular formula is C16H12BrClO5. The van der Waals surface area contributed by atoms with Crippen LogP contribution >= 0.6 is 27.5 Å². The second kappa shape index (κ2) is 7.48. The van der Waals surface area contributed by atoms with E-state index < -0.39 is 18.0 Å². The molecular weight excluding hydrogens is 388 g/mol. The third-order valence-electron chi connectivity index (χ3n) is 2.83. The molecule has 0 amide bonds. The number of carbonyl (C=O) groups excluding carboxylic acids is 1. The predicted molar refractivity (Wildman–Crippen MR) is 88.3 cm³/mol. The summed E-state index contributed by atoms with van der Waals surface area (Å²) >= 11 is 9.13. The average Bonchev–Trinajstić information content (AvgIpc) is 2.50. The van der Waals surface area contributed by atoms with Gasteiger partial charge in [-0.3, -0.25) is 0 Å². The van der Waals surface area contributed by atoms with E-state index in [-0.39, 0.29) is 11.3 Å². The van der Waals surface area contributed by atoms with Crippen molar-refractivity contribution in [3.63, 3.8) is 0 Å². The molecule has 5 nitrogen and oxygen atoms in total. The van der Waals surface area contributed by atoms with Gasteiger partial charge >= 0.3 is 11.9 Å². The number of rotatable bonds is 5. The number of halogens is 2. The molecule has 2 aromatic rings. The number of esters is 1. The minimum Gasteiger partial charge on any atom is -0.478 e. The summed E-state index contributed by atoms with van der Waals surface area (Å²) < 4.78 is 11.3. The van der Waals surface area contributed by atoms with E-state index in [9.17, 15) is 9.59 Å². The lowest BCUT2D eigenvalue weighted by Crippen LogP contribution is -2.28. The molecule has 0 saturated heterocycles. The van der Waals surface area contributed by atoms with Gasteiger partial charge in [-0.2, -0.15) is 0 Å². The third kappa shape index (κ3) is 4.71. The highest BCUT2D eigenvalue weighted by Gasteiger charge is 2.19. The van der Waals surface area contributed by atoms with Crippen LogP contribution in [-0.2, 0) is 4.79 Å². The van der Waals surface area contributed by atoms with Gasteiger partial charge in [-0.05, 0) is 59.3 Å². The van der Waals surface area contributed by atoms with Crippen molar-refractivity contribution in [2.24, 2.45) is 0 Å². The second-order valence-electron chi connectivity index (χ2n) is 4.59. The van der Waals surface area contributed by atoms with Crippen molar-refractivity contribution in [1.29, 1.82) is 0 Å². The molecule has 0 heterocycles. The smallest absolute Gasteiger partial charge is 0.352 e. The molecule has 0 aliphatic heterocycles. The molecule has 0 aromatic heterocycles. The average molecular weight is 400 g/mol. The Bertz CT molecular complexity index is 747. The van der Waals surface area contributed by atoms with Gasteiger partial charge in [-0.1, -0.05) is 17.7 Å². The zero-order valence-electron chi connectivity index (χ0n) is 12.0. The van der Waals surface area contributed by atoms with Gasteiger partial charge in [0.1, 0.15) is 11.5 Å². The lowest BCUT2D eigenvalue weighted by Gasteiger charge is -2.15. The summed E-state index contributed by atoms with van der Waals surface area (Å²) in [5.74, 6) is -1.16. The Morgan fingerprint density at radius 3 is 2.61 bits per heavy atom. The van der Waals surface area contributed by atoms with Crippen LogP contribution in [0.25, 0.3) is 0 Å². The molecule has 1 atom stereocenters. The first-order chi connectivity index (χ1) is 10.9. The molecule has 0 spiro atoms. The Morgan fingerprint density at radius 1 is 1.22 bits per heavy atom. The van der Waals surface area contributed by atoms with Crippen LogP contribution in [0.4, 0.5) is 0 Å². The van der Waals surface area contributed by atoms with E-state index in [2.05, 4.69) is 15.9 Å². The number of carboxylic acids is 1. The number of aromatic carboxylic acids is 1. The van der Waals surface area contributed by atoms with Crippen LogP contribution in [-0.4, -0.2) is 23.1 Å². The highest BCUT2D eigenvalue weighted by molar-refractivity contribution is 9.10. The molecule has 0 bridgehead atoms. The van der Waals surface area contributed by atoms with Crippen LogP contribution in [0.5, 0.6) is 11.5 Å². The fourth-order valence-electron chi connectivity index (χ4n) is 1.70. The van der Waals surface area contributed by atoms with Gasteiger partial charge in [0.05, 0.1) is 10.0 Å². The van der Waals surface area contributed by atoms with Crippen LogP contribution in [0.15, 0.2) is 46.9 Å². The molecule has 23 heavy (non-hydrogen) atoms. The maximum absolute atomic E-state index is 12.0. The standard InChI is InChI=1S/C16H12BrClO5/c1-9(22-14-6-5-11(18)8-13(14)17)16(21)23-12-4-2-3-10(7-12)15(19)20/h2-9H,1H3,(H,19,20). The first-order valence-corrected chi connectivity index (χ1v) is 7.70. The maximum Gasteiger partial charge on any atom is 0.352 e. The zero-order chi connectivity index (χ0) is 17.0. The summed E-state index contributed by atoms with van der Waals surface area (Å²) in [7, 11) is 0. The number of ether oxygens (including phenoxy) is 2. The minimum absolute atomic E-state index is 0.0318. The summed E-state index contributed by atoms with van der Waals surface area (Å²) in [6.45, 7) is 1.53. The molecule has 120 valence electrons. The normalized spacial score (nSPS) is 11.6. The lowest BCUT2D eigenvalue weighted by atomic mass is 10.2. The van der Waals surface area contributed by atoms with Crippen LogP contribution < -0.4 is 9.47 Å². The van der Waals surface area contributed by atoms with Gasteiger partial charge in [0, 0.05) is 5.02 Å². The van der Waals surface area contributed by atoms with E-state index in [0.29, 0.717) is 15.2 Å². The Labute approximate surface area is 145 Å². The molecule has 2 aromatic carbocycles. The molecule has 0 aliphatic rings. The van der Waals surface area contributed by atoms with Gasteiger partial charge in [0.25, 0.3) is 0 Å². The Kier molecular flexibility index (Phi) is 5.63. The molecule has 1 N–H and O–H groups in total. The van der Waals surface area contributed by atoms with Crippen LogP contribution in [0.2, 0.25) is 5.02 Å². The van der Waals surface area contributed by atoms with Crippen molar-refractivity contribution in [3.8, 4) is 11.5 Å². The summed E-state index contributed by atoms with van der Waals surface area (Å²) in [6.07, 6.45) is -0.888. The van der Waals surface area contributed by atoms with E-state index in [4.69, 9.17) is 26.2 Å². The summed E-state index contributed by atoms with van der Waals surface area (Å²) in [5, 5.41) is 9.45. The zero-order valence-corrected chi connectivity index (χ0v) is 14.3. The largest absolute Gasteiger partial charge is 0.478 e. The molecule has 0 fully saturated rings. The quantitative estimate of drug-likeness (QED) is 0.603. The van der Waals surface area contributed by atoms with Gasteiger partial charge < -0.3 is 14.6 Å².